The van der Waals surface area contributed by atoms with E-state index in [0.717, 1.165) is 0 Å². The van der Waals surface area contributed by atoms with Crippen LogP contribution in [0.15, 0.2) is 140 Å². The quantitative estimate of drug-likeness (QED) is 0.187. The second-order valence-electron chi connectivity index (χ2n) is 14.6. The van der Waals surface area contributed by atoms with Crippen LogP contribution in [-0.4, -0.2) is 0 Å². The van der Waals surface area contributed by atoms with Crippen LogP contribution >= 0.6 is 11.3 Å². The first-order valence-corrected chi connectivity index (χ1v) is 17.8. The lowest BCUT2D eigenvalue weighted by Crippen LogP contribution is -2.17. The van der Waals surface area contributed by atoms with Gasteiger partial charge in [-0.1, -0.05) is 131 Å². The highest BCUT2D eigenvalue weighted by Gasteiger charge is 2.39. The van der Waals surface area contributed by atoms with Crippen molar-refractivity contribution in [2.45, 2.75) is 38.5 Å². The van der Waals surface area contributed by atoms with Crippen LogP contribution in [0.5, 0.6) is 0 Å². The van der Waals surface area contributed by atoms with E-state index >= 15 is 0 Å². The average molecular weight is 634 g/mol. The van der Waals surface area contributed by atoms with Crippen LogP contribution in [0.4, 0.5) is 17.1 Å². The molecule has 8 aromatic rings. The number of anilines is 3. The summed E-state index contributed by atoms with van der Waals surface area (Å²) in [6.07, 6.45) is 0. The van der Waals surface area contributed by atoms with Gasteiger partial charge < -0.3 is 4.90 Å². The topological polar surface area (TPSA) is 3.24 Å². The first-order chi connectivity index (χ1) is 23.3. The van der Waals surface area contributed by atoms with Crippen molar-refractivity contribution in [3.8, 4) is 22.3 Å². The molecule has 1 heterocycles. The molecule has 0 radical (unpaired) electrons. The molecule has 0 saturated carbocycles. The van der Waals surface area contributed by atoms with Gasteiger partial charge in [0, 0.05) is 47.9 Å². The minimum atomic E-state index is -0.0863. The maximum Gasteiger partial charge on any atom is 0.0543 e. The van der Waals surface area contributed by atoms with Gasteiger partial charge in [-0.05, 0) is 86.1 Å². The van der Waals surface area contributed by atoms with E-state index in [9.17, 15) is 0 Å². The molecule has 0 bridgehead atoms. The predicted octanol–water partition coefficient (Wildman–Crippen LogP) is 13.3. The van der Waals surface area contributed by atoms with Gasteiger partial charge in [0.05, 0.1) is 5.69 Å². The molecule has 2 aliphatic rings. The number of hydrogen-bond acceptors (Lipinski definition) is 2. The van der Waals surface area contributed by atoms with Crippen molar-refractivity contribution < 1.29 is 0 Å². The zero-order valence-corrected chi connectivity index (χ0v) is 28.5. The maximum atomic E-state index is 2.52. The van der Waals surface area contributed by atoms with Crippen LogP contribution in [0.25, 0.3) is 53.2 Å². The molecule has 0 fully saturated rings. The fourth-order valence-corrected chi connectivity index (χ4v) is 10.1. The lowest BCUT2D eigenvalue weighted by atomic mass is 9.82. The molecule has 230 valence electrons. The lowest BCUT2D eigenvalue weighted by Gasteiger charge is -2.30. The first-order valence-electron chi connectivity index (χ1n) is 16.9. The van der Waals surface area contributed by atoms with Gasteiger partial charge in [0.2, 0.25) is 0 Å². The number of fused-ring (bicyclic) bond motifs is 11. The molecule has 0 saturated heterocycles. The van der Waals surface area contributed by atoms with E-state index < -0.39 is 0 Å². The predicted molar refractivity (Wildman–Crippen MR) is 207 cm³/mol. The van der Waals surface area contributed by atoms with Gasteiger partial charge in [-0.3, -0.25) is 0 Å². The smallest absolute Gasteiger partial charge is 0.0543 e. The monoisotopic (exact) mass is 633 g/mol. The van der Waals surface area contributed by atoms with Gasteiger partial charge in [-0.15, -0.1) is 11.3 Å². The summed E-state index contributed by atoms with van der Waals surface area (Å²) in [5, 5.41) is 5.26. The van der Waals surface area contributed by atoms with Gasteiger partial charge in [0.1, 0.15) is 0 Å². The van der Waals surface area contributed by atoms with E-state index in [1.54, 1.807) is 0 Å². The molecule has 1 nitrogen and oxygen atoms in total. The van der Waals surface area contributed by atoms with Crippen LogP contribution in [0.3, 0.4) is 0 Å². The van der Waals surface area contributed by atoms with E-state index in [-0.39, 0.29) is 10.8 Å². The Kier molecular flexibility index (Phi) is 5.63. The van der Waals surface area contributed by atoms with Gasteiger partial charge in [-0.2, -0.15) is 0 Å². The number of benzene rings is 7. The zero-order chi connectivity index (χ0) is 32.4. The highest BCUT2D eigenvalue weighted by molar-refractivity contribution is 7.26. The molecule has 10 rings (SSSR count). The Labute approximate surface area is 285 Å². The highest BCUT2D eigenvalue weighted by Crippen LogP contribution is 2.56. The summed E-state index contributed by atoms with van der Waals surface area (Å²) in [6, 6.07) is 52.5. The number of nitrogens with zero attached hydrogens (tertiary/aromatic N) is 1. The largest absolute Gasteiger partial charge is 0.310 e. The van der Waals surface area contributed by atoms with E-state index in [1.165, 1.54) is 92.5 Å². The fraction of sp³-hybridized carbons (Fsp3) is 0.130. The van der Waals surface area contributed by atoms with Gasteiger partial charge >= 0.3 is 0 Å². The third kappa shape index (κ3) is 3.67. The van der Waals surface area contributed by atoms with E-state index in [4.69, 9.17) is 0 Å². The summed E-state index contributed by atoms with van der Waals surface area (Å²) in [4.78, 5) is 2.52. The molecule has 0 spiro atoms. The van der Waals surface area contributed by atoms with Gasteiger partial charge in [-0.25, -0.2) is 0 Å². The first kappa shape index (κ1) is 27.9. The van der Waals surface area contributed by atoms with Crippen molar-refractivity contribution in [3.63, 3.8) is 0 Å². The summed E-state index contributed by atoms with van der Waals surface area (Å²) >= 11 is 1.90. The van der Waals surface area contributed by atoms with Crippen LogP contribution in [-0.2, 0) is 10.8 Å². The molecular formula is C46H35NS. The average Bonchev–Trinajstić information content (AvgIpc) is 3.69. The molecule has 1 aromatic heterocycles. The fourth-order valence-electron chi connectivity index (χ4n) is 8.82. The second-order valence-corrected chi connectivity index (χ2v) is 15.6. The molecule has 2 aliphatic carbocycles. The second kappa shape index (κ2) is 9.69. The number of rotatable bonds is 3. The summed E-state index contributed by atoms with van der Waals surface area (Å²) in [6.45, 7) is 9.48. The van der Waals surface area contributed by atoms with Crippen LogP contribution in [0.2, 0.25) is 0 Å². The lowest BCUT2D eigenvalue weighted by molar-refractivity contribution is 0.660. The Balaban J connectivity index is 1.24. The van der Waals surface area contributed by atoms with E-state index in [0.29, 0.717) is 0 Å². The normalized spacial score (nSPS) is 15.0. The Morgan fingerprint density at radius 2 is 1.08 bits per heavy atom. The molecule has 0 N–H and O–H groups in total. The Morgan fingerprint density at radius 3 is 1.94 bits per heavy atom. The molecule has 48 heavy (non-hydrogen) atoms. The van der Waals surface area contributed by atoms with Crippen molar-refractivity contribution in [2.24, 2.45) is 0 Å². The van der Waals surface area contributed by atoms with Crippen LogP contribution < -0.4 is 4.90 Å². The molecular weight excluding hydrogens is 599 g/mol. The van der Waals surface area contributed by atoms with Crippen molar-refractivity contribution in [1.29, 1.82) is 0 Å². The van der Waals surface area contributed by atoms with Gasteiger partial charge in [0.25, 0.3) is 0 Å². The highest BCUT2D eigenvalue weighted by atomic mass is 32.1. The Morgan fingerprint density at radius 1 is 0.458 bits per heavy atom. The maximum absolute atomic E-state index is 2.52. The summed E-state index contributed by atoms with van der Waals surface area (Å²) in [5.74, 6) is 0. The third-order valence-corrected chi connectivity index (χ3v) is 12.5. The van der Waals surface area contributed by atoms with Crippen molar-refractivity contribution in [1.82, 2.24) is 0 Å². The number of thiophene rings is 1. The van der Waals surface area contributed by atoms with E-state index in [2.05, 4.69) is 172 Å². The van der Waals surface area contributed by atoms with Crippen molar-refractivity contribution in [2.75, 3.05) is 4.90 Å². The zero-order valence-electron chi connectivity index (χ0n) is 27.6. The summed E-state index contributed by atoms with van der Waals surface area (Å²) in [5.41, 5.74) is 14.3. The molecule has 0 unspecified atom stereocenters. The molecule has 7 aromatic carbocycles. The minimum Gasteiger partial charge on any atom is -0.310 e. The van der Waals surface area contributed by atoms with Crippen molar-refractivity contribution >= 4 is 59.3 Å². The standard InChI is InChI=1S/C46H35NS/c1-45(2)38-16-9-6-14-36(38)43-39(45)17-11-18-41(43)47(30-22-25-33-32-12-5-8-15-37(32)46(3,4)40(33)27-30)29-21-24-31-28(26-29)20-23-35-34-13-7-10-19-42(34)48-44(31)35/h5-27H,1-4H3. The summed E-state index contributed by atoms with van der Waals surface area (Å²) < 4.78 is 2.70. The molecule has 0 amide bonds. The molecule has 0 atom stereocenters. The van der Waals surface area contributed by atoms with Gasteiger partial charge in [0.15, 0.2) is 0 Å². The van der Waals surface area contributed by atoms with E-state index in [1.807, 2.05) is 11.3 Å². The Hall–Kier alpha value is -5.18. The van der Waals surface area contributed by atoms with Crippen molar-refractivity contribution in [3.05, 3.63) is 162 Å². The third-order valence-electron chi connectivity index (χ3n) is 11.3. The minimum absolute atomic E-state index is 0.0780. The van der Waals surface area contributed by atoms with Crippen LogP contribution in [0.1, 0.15) is 49.9 Å². The van der Waals surface area contributed by atoms with Crippen LogP contribution in [0, 0.1) is 0 Å². The summed E-state index contributed by atoms with van der Waals surface area (Å²) in [7, 11) is 0. The molecule has 2 heteroatoms. The SMILES string of the molecule is CC1(C)c2ccccc2-c2ccc(N(c3ccc4c(ccc5c6ccccc6sc45)c3)c3cccc4c3-c3ccccc3C4(C)C)cc21. The number of hydrogen-bond donors (Lipinski definition) is 0. The Bertz CT molecular complexity index is 2630. The molecule has 0 aliphatic heterocycles.